The Balaban J connectivity index is 2.14. The number of aryl methyl sites for hydroxylation is 2. The van der Waals surface area contributed by atoms with Gasteiger partial charge < -0.3 is 0 Å². The van der Waals surface area contributed by atoms with Gasteiger partial charge in [0.05, 0.1) is 5.70 Å². The summed E-state index contributed by atoms with van der Waals surface area (Å²) in [7, 11) is 0. The second-order valence-corrected chi connectivity index (χ2v) is 6.68. The summed E-state index contributed by atoms with van der Waals surface area (Å²) >= 11 is 5.86. The van der Waals surface area contributed by atoms with Crippen molar-refractivity contribution < 1.29 is 18.0 Å². The maximum absolute atomic E-state index is 14.1. The Hall–Kier alpha value is -1.98. The molecule has 1 atom stereocenters. The first-order valence-electron chi connectivity index (χ1n) is 8.42. The molecule has 1 N–H and O–H groups in total. The Morgan fingerprint density at radius 2 is 1.58 bits per heavy atom. The molecule has 0 saturated heterocycles. The van der Waals surface area contributed by atoms with Crippen LogP contribution in [0.25, 0.3) is 5.70 Å². The standard InChI is InChI=1S/C20H19ClF3NO/c1-3-13-9-14(4-2)11-16(10-13)19(20(22,23)24)12-18(25-26-19)15-5-7-17(21)8-6-15/h5-12,25H,3-4H2,1-2H3. The number of alkyl halides is 3. The first-order valence-corrected chi connectivity index (χ1v) is 8.79. The van der Waals surface area contributed by atoms with Gasteiger partial charge in [-0.3, -0.25) is 10.3 Å². The van der Waals surface area contributed by atoms with Gasteiger partial charge in [0.25, 0.3) is 0 Å². The number of hydrogen-bond donors (Lipinski definition) is 1. The van der Waals surface area contributed by atoms with E-state index in [4.69, 9.17) is 16.4 Å². The highest BCUT2D eigenvalue weighted by Gasteiger charge is 2.59. The highest BCUT2D eigenvalue weighted by molar-refractivity contribution is 6.30. The van der Waals surface area contributed by atoms with Crippen LogP contribution < -0.4 is 5.48 Å². The zero-order chi connectivity index (χ0) is 18.9. The Kier molecular flexibility index (Phi) is 5.04. The minimum atomic E-state index is -4.62. The first kappa shape index (κ1) is 18.8. The summed E-state index contributed by atoms with van der Waals surface area (Å²) in [4.78, 5) is 5.19. The molecule has 0 aliphatic carbocycles. The molecule has 6 heteroatoms. The highest BCUT2D eigenvalue weighted by atomic mass is 35.5. The minimum Gasteiger partial charge on any atom is -0.265 e. The van der Waals surface area contributed by atoms with E-state index in [1.54, 1.807) is 36.4 Å². The van der Waals surface area contributed by atoms with Gasteiger partial charge in [-0.1, -0.05) is 55.8 Å². The number of nitrogens with one attached hydrogen (secondary N) is 1. The van der Waals surface area contributed by atoms with Crippen LogP contribution in [0.3, 0.4) is 0 Å². The molecule has 0 bridgehead atoms. The molecule has 0 aromatic heterocycles. The van der Waals surface area contributed by atoms with Gasteiger partial charge in [-0.05, 0) is 47.7 Å². The van der Waals surface area contributed by atoms with Gasteiger partial charge in [-0.2, -0.15) is 13.2 Å². The van der Waals surface area contributed by atoms with Crippen molar-refractivity contribution in [2.75, 3.05) is 0 Å². The molecule has 138 valence electrons. The molecule has 0 spiro atoms. The van der Waals surface area contributed by atoms with Crippen LogP contribution in [0.5, 0.6) is 0 Å². The molecule has 1 aliphatic heterocycles. The molecule has 0 amide bonds. The maximum Gasteiger partial charge on any atom is 0.428 e. The van der Waals surface area contributed by atoms with Crippen molar-refractivity contribution in [2.45, 2.75) is 38.5 Å². The Morgan fingerprint density at radius 1 is 1.00 bits per heavy atom. The zero-order valence-electron chi connectivity index (χ0n) is 14.5. The fraction of sp³-hybridized carbons (Fsp3) is 0.300. The third-order valence-electron chi connectivity index (χ3n) is 4.54. The summed E-state index contributed by atoms with van der Waals surface area (Å²) in [6.07, 6.45) is -2.22. The number of benzene rings is 2. The summed E-state index contributed by atoms with van der Waals surface area (Å²) in [5.41, 5.74) is 2.54. The zero-order valence-corrected chi connectivity index (χ0v) is 15.2. The molecule has 26 heavy (non-hydrogen) atoms. The third-order valence-corrected chi connectivity index (χ3v) is 4.80. The lowest BCUT2D eigenvalue weighted by Crippen LogP contribution is -2.42. The number of hydroxylamine groups is 1. The van der Waals surface area contributed by atoms with Crippen LogP contribution in [0.1, 0.15) is 36.1 Å². The van der Waals surface area contributed by atoms with E-state index in [-0.39, 0.29) is 11.3 Å². The van der Waals surface area contributed by atoms with E-state index in [2.05, 4.69) is 5.48 Å². The Morgan fingerprint density at radius 3 is 2.08 bits per heavy atom. The number of hydrogen-bond acceptors (Lipinski definition) is 2. The van der Waals surface area contributed by atoms with E-state index in [1.165, 1.54) is 0 Å². The average Bonchev–Trinajstić information content (AvgIpc) is 3.08. The fourth-order valence-electron chi connectivity index (χ4n) is 3.00. The largest absolute Gasteiger partial charge is 0.428 e. The van der Waals surface area contributed by atoms with Gasteiger partial charge in [-0.15, -0.1) is 0 Å². The lowest BCUT2D eigenvalue weighted by atomic mass is 9.88. The molecule has 1 unspecified atom stereocenters. The van der Waals surface area contributed by atoms with Crippen molar-refractivity contribution >= 4 is 17.3 Å². The second kappa shape index (κ2) is 6.97. The van der Waals surface area contributed by atoms with Gasteiger partial charge in [-0.25, -0.2) is 0 Å². The van der Waals surface area contributed by atoms with Crippen molar-refractivity contribution in [1.29, 1.82) is 0 Å². The first-order chi connectivity index (χ1) is 12.3. The highest BCUT2D eigenvalue weighted by Crippen LogP contribution is 2.47. The van der Waals surface area contributed by atoms with Crippen LogP contribution in [0, 0.1) is 0 Å². The van der Waals surface area contributed by atoms with Crippen molar-refractivity contribution in [2.24, 2.45) is 0 Å². The molecular weight excluding hydrogens is 363 g/mol. The maximum atomic E-state index is 14.1. The topological polar surface area (TPSA) is 21.3 Å². The minimum absolute atomic E-state index is 0.0812. The summed E-state index contributed by atoms with van der Waals surface area (Å²) in [5, 5.41) is 0.513. The van der Waals surface area contributed by atoms with Gasteiger partial charge in [0.15, 0.2) is 0 Å². The molecular formula is C20H19ClF3NO. The fourth-order valence-corrected chi connectivity index (χ4v) is 3.13. The van der Waals surface area contributed by atoms with E-state index >= 15 is 0 Å². The van der Waals surface area contributed by atoms with Gasteiger partial charge >= 0.3 is 6.18 Å². The Bertz CT molecular complexity index is 808. The van der Waals surface area contributed by atoms with E-state index in [0.717, 1.165) is 17.2 Å². The van der Waals surface area contributed by atoms with E-state index in [1.807, 2.05) is 19.9 Å². The van der Waals surface area contributed by atoms with Crippen molar-refractivity contribution in [3.05, 3.63) is 75.8 Å². The molecule has 2 nitrogen and oxygen atoms in total. The van der Waals surface area contributed by atoms with Gasteiger partial charge in [0.2, 0.25) is 5.60 Å². The van der Waals surface area contributed by atoms with Crippen LogP contribution in [0.4, 0.5) is 13.2 Å². The third kappa shape index (κ3) is 3.33. The van der Waals surface area contributed by atoms with Crippen molar-refractivity contribution in [1.82, 2.24) is 5.48 Å². The molecule has 0 saturated carbocycles. The summed E-state index contributed by atoms with van der Waals surface area (Å²) in [6, 6.07) is 11.6. The van der Waals surface area contributed by atoms with Crippen LogP contribution in [-0.4, -0.2) is 6.18 Å². The van der Waals surface area contributed by atoms with Gasteiger partial charge in [0.1, 0.15) is 0 Å². The van der Waals surface area contributed by atoms with Crippen LogP contribution in [0.15, 0.2) is 48.5 Å². The second-order valence-electron chi connectivity index (χ2n) is 6.25. The van der Waals surface area contributed by atoms with Crippen LogP contribution in [-0.2, 0) is 23.3 Å². The van der Waals surface area contributed by atoms with Gasteiger partial charge in [0, 0.05) is 10.6 Å². The predicted octanol–water partition coefficient (Wildman–Crippen LogP) is 5.80. The molecule has 3 rings (SSSR count). The lowest BCUT2D eigenvalue weighted by Gasteiger charge is -2.29. The molecule has 2 aromatic rings. The lowest BCUT2D eigenvalue weighted by molar-refractivity contribution is -0.269. The Labute approximate surface area is 155 Å². The van der Waals surface area contributed by atoms with E-state index < -0.39 is 11.8 Å². The van der Waals surface area contributed by atoms with Crippen LogP contribution in [0.2, 0.25) is 5.02 Å². The normalized spacial score (nSPS) is 20.0. The average molecular weight is 382 g/mol. The molecule has 2 aromatic carbocycles. The SMILES string of the molecule is CCc1cc(CC)cc(C2(C(F)(F)F)C=C(c3ccc(Cl)cc3)NO2)c1. The molecule has 0 fully saturated rings. The van der Waals surface area contributed by atoms with Crippen LogP contribution >= 0.6 is 11.6 Å². The number of rotatable bonds is 4. The van der Waals surface area contributed by atoms with E-state index in [9.17, 15) is 13.2 Å². The van der Waals surface area contributed by atoms with Crippen molar-refractivity contribution in [3.8, 4) is 0 Å². The summed E-state index contributed by atoms with van der Waals surface area (Å²) in [5.74, 6) is 0. The summed E-state index contributed by atoms with van der Waals surface area (Å²) < 4.78 is 42.3. The molecule has 1 aliphatic rings. The smallest absolute Gasteiger partial charge is 0.265 e. The molecule has 1 heterocycles. The van der Waals surface area contributed by atoms with Crippen molar-refractivity contribution in [3.63, 3.8) is 0 Å². The quantitative estimate of drug-likeness (QED) is 0.722. The monoisotopic (exact) mass is 381 g/mol. The number of halogens is 4. The summed E-state index contributed by atoms with van der Waals surface area (Å²) in [6.45, 7) is 3.84. The van der Waals surface area contributed by atoms with E-state index in [0.29, 0.717) is 23.4 Å². The predicted molar refractivity (Wildman–Crippen MR) is 96.6 cm³/mol. The molecule has 0 radical (unpaired) electrons.